The van der Waals surface area contributed by atoms with E-state index in [9.17, 15) is 14.6 Å². The molecule has 0 spiro atoms. The van der Waals surface area contributed by atoms with Crippen LogP contribution in [-0.4, -0.2) is 39.5 Å². The molecule has 3 heterocycles. The number of aliphatic hydroxyl groups is 1. The first-order valence-corrected chi connectivity index (χ1v) is 12.7. The van der Waals surface area contributed by atoms with E-state index in [2.05, 4.69) is 28.4 Å². The largest absolute Gasteiger partial charge is 0.394 e. The zero-order chi connectivity index (χ0) is 22.3. The summed E-state index contributed by atoms with van der Waals surface area (Å²) in [5.41, 5.74) is 2.23. The van der Waals surface area contributed by atoms with Crippen LogP contribution in [0.2, 0.25) is 5.02 Å². The molecule has 1 saturated carbocycles. The van der Waals surface area contributed by atoms with Gasteiger partial charge in [-0.1, -0.05) is 23.7 Å². The van der Waals surface area contributed by atoms with Crippen LogP contribution in [0.5, 0.6) is 0 Å². The lowest BCUT2D eigenvalue weighted by atomic mass is 9.77. The number of hydrogen-bond donors (Lipinski definition) is 2. The van der Waals surface area contributed by atoms with Gasteiger partial charge in [0.1, 0.15) is 34.6 Å². The molecule has 1 aromatic heterocycles. The van der Waals surface area contributed by atoms with Crippen LogP contribution in [0.4, 0.5) is 11.6 Å². The van der Waals surface area contributed by atoms with Gasteiger partial charge in [0, 0.05) is 23.7 Å². The number of benzene rings is 1. The second-order valence-corrected chi connectivity index (χ2v) is 10.7. The Bertz CT molecular complexity index is 1080. The normalized spacial score (nSPS) is 21.9. The molecule has 5 rings (SSSR count). The standard InChI is InChI=1S/C24H26ClN4O2S/c25-18-4-2-16(3-5-18)17-6-11-29(12-7-17)23-20(14-26)19-8-13-32(31)21(19)22(27-23)28-24(15-30)9-1-10-24/h2-5,13,17,30H,1,6-12,15H2,(H,27,28)/q+1/t32-/m0/s1. The predicted octanol–water partition coefficient (Wildman–Crippen LogP) is 4.14. The first-order valence-electron chi connectivity index (χ1n) is 11.1. The highest BCUT2D eigenvalue weighted by Crippen LogP contribution is 2.42. The summed E-state index contributed by atoms with van der Waals surface area (Å²) in [4.78, 5) is 7.66. The van der Waals surface area contributed by atoms with Crippen molar-refractivity contribution in [1.29, 1.82) is 5.26 Å². The third-order valence-corrected chi connectivity index (χ3v) is 8.68. The van der Waals surface area contributed by atoms with Crippen molar-refractivity contribution in [3.63, 3.8) is 0 Å². The number of anilines is 2. The summed E-state index contributed by atoms with van der Waals surface area (Å²) in [5.74, 6) is 3.42. The lowest BCUT2D eigenvalue weighted by Crippen LogP contribution is -2.48. The highest BCUT2D eigenvalue weighted by Gasteiger charge is 2.42. The molecule has 166 valence electrons. The Morgan fingerprint density at radius 3 is 2.62 bits per heavy atom. The number of nitrogens with one attached hydrogen (secondary N) is 1. The number of aliphatic hydroxyl groups excluding tert-OH is 1. The van der Waals surface area contributed by atoms with Gasteiger partial charge in [0.25, 0.3) is 0 Å². The molecule has 2 aromatic rings. The van der Waals surface area contributed by atoms with Crippen molar-refractivity contribution in [2.45, 2.75) is 54.9 Å². The molecule has 1 aromatic carbocycles. The van der Waals surface area contributed by atoms with Gasteiger partial charge in [0.2, 0.25) is 10.8 Å². The average Bonchev–Trinajstić information content (AvgIpc) is 3.18. The first kappa shape index (κ1) is 21.6. The van der Waals surface area contributed by atoms with E-state index in [1.807, 2.05) is 12.1 Å². The Kier molecular flexibility index (Phi) is 5.79. The van der Waals surface area contributed by atoms with Crippen molar-refractivity contribution in [2.75, 3.05) is 29.9 Å². The molecule has 1 aliphatic carbocycles. The highest BCUT2D eigenvalue weighted by atomic mass is 35.5. The predicted molar refractivity (Wildman–Crippen MR) is 126 cm³/mol. The summed E-state index contributed by atoms with van der Waals surface area (Å²) in [5, 5.41) is 24.1. The van der Waals surface area contributed by atoms with Crippen LogP contribution in [0.3, 0.4) is 0 Å². The van der Waals surface area contributed by atoms with Gasteiger partial charge >= 0.3 is 0 Å². The van der Waals surface area contributed by atoms with E-state index < -0.39 is 16.3 Å². The maximum Gasteiger partial charge on any atom is 0.238 e. The quantitative estimate of drug-likeness (QED) is 0.639. The molecule has 8 heteroatoms. The summed E-state index contributed by atoms with van der Waals surface area (Å²) in [6, 6.07) is 10.4. The molecule has 3 aliphatic rings. The lowest BCUT2D eigenvalue weighted by Gasteiger charge is -2.42. The van der Waals surface area contributed by atoms with Crippen LogP contribution < -0.4 is 10.2 Å². The maximum absolute atomic E-state index is 12.7. The topological polar surface area (TPSA) is 89.2 Å². The molecule has 2 N–H and O–H groups in total. The molecule has 0 amide bonds. The Hall–Kier alpha value is -2.27. The fourth-order valence-electron chi connectivity index (χ4n) is 5.03. The number of halogens is 1. The van der Waals surface area contributed by atoms with E-state index in [4.69, 9.17) is 16.6 Å². The Balaban J connectivity index is 1.45. The number of aromatic nitrogens is 1. The van der Waals surface area contributed by atoms with Gasteiger partial charge in [-0.2, -0.15) is 5.26 Å². The van der Waals surface area contributed by atoms with E-state index in [0.717, 1.165) is 55.8 Å². The number of pyridine rings is 1. The molecule has 0 radical (unpaired) electrons. The minimum absolute atomic E-state index is 0.0155. The van der Waals surface area contributed by atoms with Gasteiger partial charge in [-0.15, -0.1) is 0 Å². The molecule has 1 atom stereocenters. The van der Waals surface area contributed by atoms with Gasteiger partial charge < -0.3 is 15.3 Å². The van der Waals surface area contributed by atoms with E-state index in [1.54, 1.807) is 5.75 Å². The molecular weight excluding hydrogens is 444 g/mol. The van der Waals surface area contributed by atoms with Crippen molar-refractivity contribution >= 4 is 34.0 Å². The van der Waals surface area contributed by atoms with Crippen molar-refractivity contribution in [2.24, 2.45) is 0 Å². The van der Waals surface area contributed by atoms with E-state index in [0.29, 0.717) is 34.4 Å². The van der Waals surface area contributed by atoms with Crippen molar-refractivity contribution in [3.05, 3.63) is 51.7 Å². The van der Waals surface area contributed by atoms with Gasteiger partial charge in [0.05, 0.1) is 12.1 Å². The zero-order valence-corrected chi connectivity index (χ0v) is 19.4. The first-order chi connectivity index (χ1) is 15.5. The van der Waals surface area contributed by atoms with Crippen LogP contribution in [-0.2, 0) is 17.2 Å². The summed E-state index contributed by atoms with van der Waals surface area (Å²) < 4.78 is 12.7. The Morgan fingerprint density at radius 1 is 1.31 bits per heavy atom. The molecule has 1 saturated heterocycles. The number of hydrogen-bond acceptors (Lipinski definition) is 6. The zero-order valence-electron chi connectivity index (χ0n) is 17.8. The fourth-order valence-corrected chi connectivity index (χ4v) is 6.35. The second kappa shape index (κ2) is 8.58. The second-order valence-electron chi connectivity index (χ2n) is 8.98. The number of fused-ring (bicyclic) bond motifs is 1. The Morgan fingerprint density at radius 2 is 2.03 bits per heavy atom. The molecular formula is C24H26ClN4O2S+. The van der Waals surface area contributed by atoms with Crippen molar-refractivity contribution in [1.82, 2.24) is 4.98 Å². The van der Waals surface area contributed by atoms with E-state index in [1.165, 1.54) is 5.56 Å². The molecule has 32 heavy (non-hydrogen) atoms. The number of piperidine rings is 1. The monoisotopic (exact) mass is 469 g/mol. The number of nitrogens with zero attached hydrogens (tertiary/aromatic N) is 3. The molecule has 2 aliphatic heterocycles. The number of nitriles is 1. The van der Waals surface area contributed by atoms with E-state index >= 15 is 0 Å². The van der Waals surface area contributed by atoms with Crippen LogP contribution >= 0.6 is 11.6 Å². The van der Waals surface area contributed by atoms with Gasteiger partial charge in [-0.25, -0.2) is 9.19 Å². The third kappa shape index (κ3) is 3.75. The smallest absolute Gasteiger partial charge is 0.238 e. The van der Waals surface area contributed by atoms with Crippen molar-refractivity contribution < 1.29 is 9.32 Å². The summed E-state index contributed by atoms with van der Waals surface area (Å²) >= 11 is 6.04. The van der Waals surface area contributed by atoms with Gasteiger partial charge in [-0.3, -0.25) is 0 Å². The third-order valence-electron chi connectivity index (χ3n) is 7.12. The van der Waals surface area contributed by atoms with Gasteiger partial charge in [0.15, 0.2) is 5.75 Å². The van der Waals surface area contributed by atoms with E-state index in [-0.39, 0.29) is 6.61 Å². The molecule has 2 fully saturated rings. The minimum atomic E-state index is -1.29. The molecule has 6 nitrogen and oxygen atoms in total. The highest BCUT2D eigenvalue weighted by molar-refractivity contribution is 7.87. The summed E-state index contributed by atoms with van der Waals surface area (Å²) in [6.45, 7) is 1.61. The average molecular weight is 470 g/mol. The van der Waals surface area contributed by atoms with Crippen LogP contribution in [0.25, 0.3) is 0 Å². The lowest BCUT2D eigenvalue weighted by molar-refractivity contribution is 0.143. The summed E-state index contributed by atoms with van der Waals surface area (Å²) in [7, 11) is -1.29. The van der Waals surface area contributed by atoms with Gasteiger partial charge in [-0.05, 0) is 55.7 Å². The molecule has 0 bridgehead atoms. The SMILES string of the molecule is N#Cc1c(N2CCC(c3ccc(Cl)cc3)CC2)nc(NC2(CO)CCC2)c2c1C[CH+][S@@]2=O. The minimum Gasteiger partial charge on any atom is -0.394 e. The Labute approximate surface area is 196 Å². The van der Waals surface area contributed by atoms with Crippen molar-refractivity contribution in [3.8, 4) is 6.07 Å². The van der Waals surface area contributed by atoms with Crippen LogP contribution in [0, 0.1) is 17.1 Å². The summed E-state index contributed by atoms with van der Waals surface area (Å²) in [6.07, 6.45) is 5.20. The maximum atomic E-state index is 12.7. The van der Waals surface area contributed by atoms with Crippen LogP contribution in [0.1, 0.15) is 54.7 Å². The molecule has 0 unspecified atom stereocenters. The number of rotatable bonds is 5. The fraction of sp³-hybridized carbons (Fsp3) is 0.458. The van der Waals surface area contributed by atoms with Crippen LogP contribution in [0.15, 0.2) is 29.2 Å².